The van der Waals surface area contributed by atoms with Gasteiger partial charge in [-0.2, -0.15) is 0 Å². The van der Waals surface area contributed by atoms with Crippen molar-refractivity contribution in [3.63, 3.8) is 0 Å². The van der Waals surface area contributed by atoms with E-state index in [0.717, 1.165) is 28.3 Å². The lowest BCUT2D eigenvalue weighted by Gasteiger charge is -2.28. The van der Waals surface area contributed by atoms with E-state index < -0.39 is 0 Å². The molecule has 0 bridgehead atoms. The summed E-state index contributed by atoms with van der Waals surface area (Å²) >= 11 is 5.81. The third-order valence-corrected chi connectivity index (χ3v) is 6.97. The van der Waals surface area contributed by atoms with Crippen LogP contribution in [-0.4, -0.2) is 14.7 Å². The third-order valence-electron chi connectivity index (χ3n) is 6.65. The van der Waals surface area contributed by atoms with Crippen LogP contribution in [-0.2, 0) is 0 Å². The Morgan fingerprint density at radius 3 is 2.26 bits per heavy atom. The fraction of sp³-hybridized carbons (Fsp3) is 0.214. The number of nitrogens with zero attached hydrogens (tertiary/aromatic N) is 3. The van der Waals surface area contributed by atoms with E-state index in [9.17, 15) is 4.39 Å². The minimum Gasteiger partial charge on any atom is -0.351 e. The first-order valence-electron chi connectivity index (χ1n) is 11.4. The molecule has 34 heavy (non-hydrogen) atoms. The second-order valence-corrected chi connectivity index (χ2v) is 9.26. The fourth-order valence-corrected chi connectivity index (χ4v) is 5.49. The van der Waals surface area contributed by atoms with Gasteiger partial charge in [-0.25, -0.2) is 4.39 Å². The second kappa shape index (κ2) is 8.69. The zero-order valence-corrected chi connectivity index (χ0v) is 20.5. The standard InChI is InChI=1S/C28H27FN4S/c1-17-8-7-9-18(2)26(17)32-19(3)16-23(20(32)4)27-25(24-10-5-6-15-30-24)31-28(34)33(27)22-13-11-21(29)12-14-22/h5-16,25,27H,1-4H3,(H,31,34)/t25-,27-/m0/s1. The molecule has 1 saturated heterocycles. The van der Waals surface area contributed by atoms with E-state index in [2.05, 4.69) is 71.7 Å². The highest BCUT2D eigenvalue weighted by Crippen LogP contribution is 2.44. The Kier molecular flexibility index (Phi) is 5.70. The van der Waals surface area contributed by atoms with E-state index >= 15 is 0 Å². The van der Waals surface area contributed by atoms with Crippen LogP contribution in [0.2, 0.25) is 0 Å². The van der Waals surface area contributed by atoms with Crippen LogP contribution in [0.3, 0.4) is 0 Å². The van der Waals surface area contributed by atoms with E-state index in [-0.39, 0.29) is 17.9 Å². The summed E-state index contributed by atoms with van der Waals surface area (Å²) in [6.45, 7) is 8.60. The molecule has 1 fully saturated rings. The molecule has 2 aromatic heterocycles. The maximum Gasteiger partial charge on any atom is 0.174 e. The summed E-state index contributed by atoms with van der Waals surface area (Å²) in [5.41, 5.74) is 8.89. The molecule has 1 aliphatic rings. The molecule has 0 unspecified atom stereocenters. The number of hydrogen-bond donors (Lipinski definition) is 1. The Morgan fingerprint density at radius 1 is 0.912 bits per heavy atom. The Bertz CT molecular complexity index is 1340. The van der Waals surface area contributed by atoms with Gasteiger partial charge in [0.2, 0.25) is 0 Å². The van der Waals surface area contributed by atoms with Crippen molar-refractivity contribution in [2.75, 3.05) is 4.90 Å². The number of aromatic nitrogens is 2. The van der Waals surface area contributed by atoms with E-state index in [1.54, 1.807) is 18.3 Å². The van der Waals surface area contributed by atoms with Crippen LogP contribution in [0.15, 0.2) is 72.9 Å². The highest BCUT2D eigenvalue weighted by molar-refractivity contribution is 7.80. The average molecular weight is 471 g/mol. The molecule has 3 heterocycles. The number of hydrogen-bond acceptors (Lipinski definition) is 2. The molecular formula is C28H27FN4S. The van der Waals surface area contributed by atoms with Gasteiger partial charge >= 0.3 is 0 Å². The van der Waals surface area contributed by atoms with Gasteiger partial charge in [-0.15, -0.1) is 0 Å². The summed E-state index contributed by atoms with van der Waals surface area (Å²) in [5.74, 6) is -0.271. The molecule has 0 radical (unpaired) electrons. The van der Waals surface area contributed by atoms with Gasteiger partial charge in [-0.05, 0) is 99.1 Å². The summed E-state index contributed by atoms with van der Waals surface area (Å²) in [4.78, 5) is 6.73. The smallest absolute Gasteiger partial charge is 0.174 e. The summed E-state index contributed by atoms with van der Waals surface area (Å²) in [6, 6.07) is 20.8. The lowest BCUT2D eigenvalue weighted by atomic mass is 9.96. The minimum atomic E-state index is -0.271. The minimum absolute atomic E-state index is 0.142. The molecule has 0 aliphatic carbocycles. The largest absolute Gasteiger partial charge is 0.351 e. The van der Waals surface area contributed by atoms with Crippen LogP contribution in [0, 0.1) is 33.5 Å². The summed E-state index contributed by atoms with van der Waals surface area (Å²) < 4.78 is 16.1. The molecule has 5 rings (SSSR count). The Morgan fingerprint density at radius 2 is 1.62 bits per heavy atom. The topological polar surface area (TPSA) is 33.1 Å². The molecule has 4 nitrogen and oxygen atoms in total. The molecule has 4 aromatic rings. The molecule has 2 aromatic carbocycles. The molecular weight excluding hydrogens is 443 g/mol. The van der Waals surface area contributed by atoms with Crippen LogP contribution >= 0.6 is 12.2 Å². The van der Waals surface area contributed by atoms with Crippen molar-refractivity contribution in [2.24, 2.45) is 0 Å². The summed E-state index contributed by atoms with van der Waals surface area (Å²) in [7, 11) is 0. The van der Waals surface area contributed by atoms with E-state index in [1.807, 2.05) is 18.2 Å². The van der Waals surface area contributed by atoms with Crippen molar-refractivity contribution in [1.82, 2.24) is 14.9 Å². The normalized spacial score (nSPS) is 17.8. The average Bonchev–Trinajstić information content (AvgIpc) is 3.31. The monoisotopic (exact) mass is 470 g/mol. The number of anilines is 1. The van der Waals surface area contributed by atoms with Crippen molar-refractivity contribution < 1.29 is 4.39 Å². The third kappa shape index (κ3) is 3.68. The lowest BCUT2D eigenvalue weighted by Crippen LogP contribution is -2.29. The lowest BCUT2D eigenvalue weighted by molar-refractivity contribution is 0.565. The van der Waals surface area contributed by atoms with Gasteiger partial charge in [0.1, 0.15) is 5.82 Å². The molecule has 0 saturated carbocycles. The highest BCUT2D eigenvalue weighted by Gasteiger charge is 2.42. The van der Waals surface area contributed by atoms with Crippen molar-refractivity contribution >= 4 is 23.0 Å². The molecule has 6 heteroatoms. The SMILES string of the molecule is Cc1cccc(C)c1-n1c(C)cc([C@H]2[C@H](c3ccccn3)NC(=S)N2c2ccc(F)cc2)c1C. The van der Waals surface area contributed by atoms with Crippen molar-refractivity contribution in [1.29, 1.82) is 0 Å². The van der Waals surface area contributed by atoms with Gasteiger partial charge in [-0.3, -0.25) is 4.98 Å². The Hall–Kier alpha value is -3.51. The first-order chi connectivity index (χ1) is 16.4. The van der Waals surface area contributed by atoms with Crippen molar-refractivity contribution in [3.8, 4) is 5.69 Å². The zero-order chi connectivity index (χ0) is 24.0. The van der Waals surface area contributed by atoms with Crippen molar-refractivity contribution in [3.05, 3.63) is 113 Å². The quantitative estimate of drug-likeness (QED) is 0.349. The number of para-hydroxylation sites is 1. The van der Waals surface area contributed by atoms with Crippen LogP contribution in [0.25, 0.3) is 5.69 Å². The predicted octanol–water partition coefficient (Wildman–Crippen LogP) is 6.42. The van der Waals surface area contributed by atoms with Crippen LogP contribution in [0.1, 0.15) is 45.9 Å². The first-order valence-corrected chi connectivity index (χ1v) is 11.8. The van der Waals surface area contributed by atoms with Gasteiger partial charge in [-0.1, -0.05) is 24.3 Å². The first kappa shape index (κ1) is 22.3. The molecule has 0 amide bonds. The van der Waals surface area contributed by atoms with Gasteiger partial charge in [0.05, 0.1) is 23.5 Å². The maximum absolute atomic E-state index is 13.7. The molecule has 172 valence electrons. The van der Waals surface area contributed by atoms with E-state index in [0.29, 0.717) is 5.11 Å². The number of benzene rings is 2. The van der Waals surface area contributed by atoms with Crippen molar-refractivity contribution in [2.45, 2.75) is 39.8 Å². The number of aryl methyl sites for hydroxylation is 3. The summed E-state index contributed by atoms with van der Waals surface area (Å²) in [6.07, 6.45) is 1.80. The maximum atomic E-state index is 13.7. The Balaban J connectivity index is 1.71. The fourth-order valence-electron chi connectivity index (χ4n) is 5.14. The summed E-state index contributed by atoms with van der Waals surface area (Å²) in [5, 5.41) is 4.09. The number of thiocarbonyl (C=S) groups is 1. The number of pyridine rings is 1. The molecule has 2 atom stereocenters. The molecule has 1 aliphatic heterocycles. The Labute approximate surface area is 205 Å². The van der Waals surface area contributed by atoms with Gasteiger partial charge in [0, 0.05) is 23.3 Å². The van der Waals surface area contributed by atoms with Gasteiger partial charge in [0.25, 0.3) is 0 Å². The van der Waals surface area contributed by atoms with Gasteiger partial charge < -0.3 is 14.8 Å². The van der Waals surface area contributed by atoms with Gasteiger partial charge in [0.15, 0.2) is 5.11 Å². The second-order valence-electron chi connectivity index (χ2n) is 8.88. The number of rotatable bonds is 4. The van der Waals surface area contributed by atoms with Crippen LogP contribution in [0.5, 0.6) is 0 Å². The number of halogens is 1. The molecule has 0 spiro atoms. The predicted molar refractivity (Wildman–Crippen MR) is 139 cm³/mol. The van der Waals surface area contributed by atoms with E-state index in [4.69, 9.17) is 12.2 Å². The number of nitrogens with one attached hydrogen (secondary N) is 1. The molecule has 1 N–H and O–H groups in total. The van der Waals surface area contributed by atoms with E-state index in [1.165, 1.54) is 28.9 Å². The van der Waals surface area contributed by atoms with Crippen LogP contribution in [0.4, 0.5) is 10.1 Å². The highest BCUT2D eigenvalue weighted by atomic mass is 32.1. The zero-order valence-electron chi connectivity index (χ0n) is 19.7. The van der Waals surface area contributed by atoms with Crippen LogP contribution < -0.4 is 10.2 Å².